The van der Waals surface area contributed by atoms with Crippen LogP contribution in [0.25, 0.3) is 0 Å². The quantitative estimate of drug-likeness (QED) is 0.920. The predicted octanol–water partition coefficient (Wildman–Crippen LogP) is 2.41. The topological polar surface area (TPSA) is 38.5 Å². The van der Waals surface area contributed by atoms with E-state index in [2.05, 4.69) is 24.9 Å². The summed E-state index contributed by atoms with van der Waals surface area (Å²) in [7, 11) is 2.09. The van der Waals surface area contributed by atoms with E-state index in [9.17, 15) is 0 Å². The van der Waals surface area contributed by atoms with Gasteiger partial charge in [0.1, 0.15) is 11.9 Å². The Kier molecular flexibility index (Phi) is 3.24. The van der Waals surface area contributed by atoms with Crippen LogP contribution in [0.5, 0.6) is 5.75 Å². The SMILES string of the molecule is CC(N)C1(c2ccc(OC3CN(C)C3)c(Cl)c2)CC1. The molecule has 1 aliphatic carbocycles. The Labute approximate surface area is 119 Å². The number of ether oxygens (including phenoxy) is 1. The Morgan fingerprint density at radius 3 is 2.58 bits per heavy atom. The fourth-order valence-corrected chi connectivity index (χ4v) is 3.17. The van der Waals surface area contributed by atoms with Crippen molar-refractivity contribution in [1.29, 1.82) is 0 Å². The molecule has 1 atom stereocenters. The van der Waals surface area contributed by atoms with E-state index in [-0.39, 0.29) is 17.6 Å². The van der Waals surface area contributed by atoms with Gasteiger partial charge in [-0.05, 0) is 44.5 Å². The van der Waals surface area contributed by atoms with Gasteiger partial charge in [0, 0.05) is 24.5 Å². The standard InChI is InChI=1S/C15H21ClN2O/c1-10(17)15(5-6-15)11-3-4-14(13(16)7-11)19-12-8-18(2)9-12/h3-4,7,10,12H,5-6,8-9,17H2,1-2H3. The fraction of sp³-hybridized carbons (Fsp3) is 0.600. The van der Waals surface area contributed by atoms with Gasteiger partial charge in [-0.15, -0.1) is 0 Å². The normalized spacial score (nSPS) is 23.8. The van der Waals surface area contributed by atoms with Gasteiger partial charge in [0.25, 0.3) is 0 Å². The van der Waals surface area contributed by atoms with Gasteiger partial charge in [-0.25, -0.2) is 0 Å². The highest BCUT2D eigenvalue weighted by atomic mass is 35.5. The van der Waals surface area contributed by atoms with Crippen molar-refractivity contribution in [2.75, 3.05) is 20.1 Å². The molecule has 19 heavy (non-hydrogen) atoms. The molecule has 1 unspecified atom stereocenters. The van der Waals surface area contributed by atoms with E-state index in [1.54, 1.807) is 0 Å². The zero-order valence-corrected chi connectivity index (χ0v) is 12.3. The van der Waals surface area contributed by atoms with Crippen LogP contribution in [0.3, 0.4) is 0 Å². The summed E-state index contributed by atoms with van der Waals surface area (Å²) in [4.78, 5) is 2.22. The molecule has 0 radical (unpaired) electrons. The van der Waals surface area contributed by atoms with Gasteiger partial charge in [0.05, 0.1) is 5.02 Å². The van der Waals surface area contributed by atoms with Crippen molar-refractivity contribution < 1.29 is 4.74 Å². The fourth-order valence-electron chi connectivity index (χ4n) is 2.94. The number of hydrogen-bond acceptors (Lipinski definition) is 3. The maximum atomic E-state index is 6.35. The highest BCUT2D eigenvalue weighted by Crippen LogP contribution is 2.51. The summed E-state index contributed by atoms with van der Waals surface area (Å²) in [5.41, 5.74) is 7.51. The molecule has 0 spiro atoms. The van der Waals surface area contributed by atoms with E-state index in [1.165, 1.54) is 5.56 Å². The summed E-state index contributed by atoms with van der Waals surface area (Å²) in [6.45, 7) is 4.03. The van der Waals surface area contributed by atoms with E-state index < -0.39 is 0 Å². The van der Waals surface area contributed by atoms with Gasteiger partial charge in [-0.1, -0.05) is 17.7 Å². The second-order valence-electron chi connectivity index (χ2n) is 6.05. The molecule has 1 saturated carbocycles. The number of likely N-dealkylation sites (tertiary alicyclic amines) is 1. The van der Waals surface area contributed by atoms with Crippen LogP contribution in [-0.2, 0) is 5.41 Å². The monoisotopic (exact) mass is 280 g/mol. The summed E-state index contributed by atoms with van der Waals surface area (Å²) >= 11 is 6.35. The number of nitrogens with zero attached hydrogens (tertiary/aromatic N) is 1. The first-order chi connectivity index (χ1) is 9.01. The lowest BCUT2D eigenvalue weighted by Gasteiger charge is -2.36. The average molecular weight is 281 g/mol. The maximum absolute atomic E-state index is 6.35. The van der Waals surface area contributed by atoms with Crippen LogP contribution >= 0.6 is 11.6 Å². The molecule has 0 bridgehead atoms. The van der Waals surface area contributed by atoms with Crippen LogP contribution in [0, 0.1) is 0 Å². The largest absolute Gasteiger partial charge is 0.486 e. The second-order valence-corrected chi connectivity index (χ2v) is 6.46. The van der Waals surface area contributed by atoms with Gasteiger partial charge < -0.3 is 10.5 Å². The highest BCUT2D eigenvalue weighted by Gasteiger charge is 2.47. The molecule has 4 heteroatoms. The Morgan fingerprint density at radius 2 is 2.11 bits per heavy atom. The second kappa shape index (κ2) is 4.65. The summed E-state index contributed by atoms with van der Waals surface area (Å²) in [5.74, 6) is 0.795. The molecule has 104 valence electrons. The lowest BCUT2D eigenvalue weighted by Crippen LogP contribution is -2.51. The molecule has 0 amide bonds. The van der Waals surface area contributed by atoms with Gasteiger partial charge in [0.2, 0.25) is 0 Å². The Hall–Kier alpha value is -0.770. The summed E-state index contributed by atoms with van der Waals surface area (Å²) < 4.78 is 5.90. The number of benzene rings is 1. The zero-order valence-electron chi connectivity index (χ0n) is 11.5. The van der Waals surface area contributed by atoms with Crippen molar-refractivity contribution in [1.82, 2.24) is 4.90 Å². The zero-order chi connectivity index (χ0) is 13.6. The first kappa shape index (κ1) is 13.2. The van der Waals surface area contributed by atoms with Crippen molar-refractivity contribution in [2.24, 2.45) is 5.73 Å². The third-order valence-corrected chi connectivity index (χ3v) is 4.79. The van der Waals surface area contributed by atoms with Crippen LogP contribution in [0.2, 0.25) is 5.02 Å². The smallest absolute Gasteiger partial charge is 0.138 e. The van der Waals surface area contributed by atoms with Crippen molar-refractivity contribution in [2.45, 2.75) is 37.3 Å². The first-order valence-electron chi connectivity index (χ1n) is 6.92. The van der Waals surface area contributed by atoms with Crippen molar-refractivity contribution in [3.63, 3.8) is 0 Å². The first-order valence-corrected chi connectivity index (χ1v) is 7.30. The Balaban J connectivity index is 1.75. The highest BCUT2D eigenvalue weighted by molar-refractivity contribution is 6.32. The van der Waals surface area contributed by atoms with E-state index in [0.29, 0.717) is 5.02 Å². The lowest BCUT2D eigenvalue weighted by molar-refractivity contribution is 0.0389. The van der Waals surface area contributed by atoms with Crippen molar-refractivity contribution in [3.05, 3.63) is 28.8 Å². The molecule has 0 aromatic heterocycles. The van der Waals surface area contributed by atoms with Crippen LogP contribution in [0.1, 0.15) is 25.3 Å². The van der Waals surface area contributed by atoms with Crippen molar-refractivity contribution in [3.8, 4) is 5.75 Å². The number of hydrogen-bond donors (Lipinski definition) is 1. The summed E-state index contributed by atoms with van der Waals surface area (Å²) in [6.07, 6.45) is 2.60. The number of nitrogens with two attached hydrogens (primary N) is 1. The molecule has 3 nitrogen and oxygen atoms in total. The van der Waals surface area contributed by atoms with Gasteiger partial charge in [-0.2, -0.15) is 0 Å². The number of halogens is 1. The number of likely N-dealkylation sites (N-methyl/N-ethyl adjacent to an activating group) is 1. The predicted molar refractivity (Wildman–Crippen MR) is 77.9 cm³/mol. The van der Waals surface area contributed by atoms with Gasteiger partial charge in [0.15, 0.2) is 0 Å². The minimum absolute atomic E-state index is 0.152. The molecule has 1 aromatic carbocycles. The molecule has 3 rings (SSSR count). The third kappa shape index (κ3) is 2.35. The van der Waals surface area contributed by atoms with E-state index in [1.807, 2.05) is 12.1 Å². The summed E-state index contributed by atoms with van der Waals surface area (Å²) in [6, 6.07) is 6.34. The molecular formula is C15H21ClN2O. The van der Waals surface area contributed by atoms with Gasteiger partial charge >= 0.3 is 0 Å². The lowest BCUT2D eigenvalue weighted by atomic mass is 9.89. The molecule has 1 saturated heterocycles. The average Bonchev–Trinajstić information content (AvgIpc) is 3.10. The number of rotatable bonds is 4. The van der Waals surface area contributed by atoms with E-state index in [4.69, 9.17) is 22.1 Å². The van der Waals surface area contributed by atoms with Crippen LogP contribution in [0.15, 0.2) is 18.2 Å². The van der Waals surface area contributed by atoms with Crippen LogP contribution in [-0.4, -0.2) is 37.2 Å². The molecule has 2 N–H and O–H groups in total. The van der Waals surface area contributed by atoms with Gasteiger partial charge in [-0.3, -0.25) is 4.90 Å². The molecule has 1 aromatic rings. The minimum atomic E-state index is 0.152. The maximum Gasteiger partial charge on any atom is 0.138 e. The Morgan fingerprint density at radius 1 is 1.42 bits per heavy atom. The van der Waals surface area contributed by atoms with Crippen LogP contribution < -0.4 is 10.5 Å². The molecule has 1 heterocycles. The van der Waals surface area contributed by atoms with E-state index >= 15 is 0 Å². The molecule has 2 aliphatic rings. The third-order valence-electron chi connectivity index (χ3n) is 4.49. The van der Waals surface area contributed by atoms with E-state index in [0.717, 1.165) is 31.7 Å². The summed E-state index contributed by atoms with van der Waals surface area (Å²) in [5, 5.41) is 0.707. The minimum Gasteiger partial charge on any atom is -0.486 e. The molecule has 1 aliphatic heterocycles. The molecular weight excluding hydrogens is 260 g/mol. The Bertz CT molecular complexity index is 479. The molecule has 2 fully saturated rings. The van der Waals surface area contributed by atoms with Crippen LogP contribution in [0.4, 0.5) is 0 Å². The van der Waals surface area contributed by atoms with Crippen molar-refractivity contribution >= 4 is 11.6 Å².